The lowest BCUT2D eigenvalue weighted by molar-refractivity contribution is -0.917. The quantitative estimate of drug-likeness (QED) is 0.529. The summed E-state index contributed by atoms with van der Waals surface area (Å²) in [7, 11) is 2.07. The van der Waals surface area contributed by atoms with E-state index in [0.717, 1.165) is 17.8 Å². The van der Waals surface area contributed by atoms with E-state index in [0.29, 0.717) is 23.2 Å². The molecule has 1 atom stereocenters. The zero-order valence-electron chi connectivity index (χ0n) is 14.2. The van der Waals surface area contributed by atoms with Gasteiger partial charge < -0.3 is 13.7 Å². The first kappa shape index (κ1) is 16.5. The number of quaternary nitrogens is 1. The van der Waals surface area contributed by atoms with Crippen molar-refractivity contribution in [1.82, 2.24) is 19.6 Å². The maximum atomic E-state index is 5.52. The molecule has 0 spiro atoms. The summed E-state index contributed by atoms with van der Waals surface area (Å²) in [6.45, 7) is 1.37. The molecule has 4 rings (SSSR count). The highest BCUT2D eigenvalue weighted by molar-refractivity contribution is 7.71. The third-order valence-electron chi connectivity index (χ3n) is 3.92. The highest BCUT2D eigenvalue weighted by atomic mass is 32.1. The van der Waals surface area contributed by atoms with Crippen molar-refractivity contribution in [2.75, 3.05) is 7.05 Å². The van der Waals surface area contributed by atoms with E-state index in [9.17, 15) is 0 Å². The summed E-state index contributed by atoms with van der Waals surface area (Å²) in [6, 6.07) is 13.6. The predicted octanol–water partition coefficient (Wildman–Crippen LogP) is 2.32. The molecule has 0 fully saturated rings. The second-order valence-corrected chi connectivity index (χ2v) is 6.42. The van der Waals surface area contributed by atoms with E-state index >= 15 is 0 Å². The number of hydrogen-bond donors (Lipinski definition) is 1. The summed E-state index contributed by atoms with van der Waals surface area (Å²) >= 11 is 5.26. The van der Waals surface area contributed by atoms with Crippen LogP contribution in [0.25, 0.3) is 17.3 Å². The molecule has 26 heavy (non-hydrogen) atoms. The molecular weight excluding hydrogens is 350 g/mol. The third kappa shape index (κ3) is 3.51. The Balaban J connectivity index is 1.44. The smallest absolute Gasteiger partial charge is 0.292 e. The Bertz CT molecular complexity index is 1030. The van der Waals surface area contributed by atoms with Gasteiger partial charge >= 0.3 is 0 Å². The minimum absolute atomic E-state index is 0.329. The molecule has 0 bridgehead atoms. The Morgan fingerprint density at radius 1 is 1.15 bits per heavy atom. The van der Waals surface area contributed by atoms with E-state index in [1.807, 2.05) is 47.4 Å². The van der Waals surface area contributed by atoms with Gasteiger partial charge in [0, 0.05) is 11.8 Å². The molecule has 0 saturated carbocycles. The van der Waals surface area contributed by atoms with Crippen molar-refractivity contribution >= 4 is 12.2 Å². The minimum atomic E-state index is 0.329. The van der Waals surface area contributed by atoms with Gasteiger partial charge in [-0.15, -0.1) is 5.10 Å². The number of para-hydroxylation sites is 1. The van der Waals surface area contributed by atoms with Crippen LogP contribution >= 0.6 is 12.2 Å². The summed E-state index contributed by atoms with van der Waals surface area (Å²) in [6.07, 6.45) is 5.50. The Kier molecular flexibility index (Phi) is 4.51. The van der Waals surface area contributed by atoms with Crippen LogP contribution in [-0.4, -0.2) is 26.6 Å². The van der Waals surface area contributed by atoms with Crippen molar-refractivity contribution in [3.8, 4) is 17.3 Å². The number of benzene rings is 1. The number of rotatable bonds is 6. The summed E-state index contributed by atoms with van der Waals surface area (Å²) in [5.74, 6) is 0.960. The zero-order valence-corrected chi connectivity index (χ0v) is 15.0. The topological polar surface area (TPSA) is 66.4 Å². The molecule has 0 radical (unpaired) electrons. The molecule has 7 nitrogen and oxygen atoms in total. The third-order valence-corrected chi connectivity index (χ3v) is 4.21. The average molecular weight is 368 g/mol. The van der Waals surface area contributed by atoms with E-state index in [1.54, 1.807) is 23.1 Å². The second-order valence-electron chi connectivity index (χ2n) is 6.07. The van der Waals surface area contributed by atoms with E-state index in [1.165, 1.54) is 4.90 Å². The Hall–Kier alpha value is -2.97. The molecule has 0 aliphatic heterocycles. The normalized spacial score (nSPS) is 12.3. The van der Waals surface area contributed by atoms with Gasteiger partial charge in [-0.2, -0.15) is 9.78 Å². The van der Waals surface area contributed by atoms with Crippen LogP contribution in [0, 0.1) is 4.84 Å². The zero-order chi connectivity index (χ0) is 17.9. The minimum Gasteiger partial charge on any atom is -0.459 e. The van der Waals surface area contributed by atoms with Crippen LogP contribution in [0.1, 0.15) is 5.56 Å². The van der Waals surface area contributed by atoms with E-state index in [4.69, 9.17) is 21.1 Å². The molecule has 1 N–H and O–H groups in total. The van der Waals surface area contributed by atoms with Gasteiger partial charge in [-0.25, -0.2) is 4.68 Å². The summed E-state index contributed by atoms with van der Waals surface area (Å²) in [5, 5.41) is 8.83. The molecule has 132 valence electrons. The molecule has 1 unspecified atom stereocenters. The molecule has 0 aliphatic carbocycles. The second kappa shape index (κ2) is 7.11. The molecule has 0 saturated heterocycles. The standard InChI is InChI=1S/C18H17N5O2S/c1-21(11-14-10-19-22(12-14)15-6-3-2-4-7-15)13-23-18(26)25-17(20-23)16-8-5-9-24-16/h2-10,12H,11,13H2,1H3/p+1. The number of nitrogens with zero attached hydrogens (tertiary/aromatic N) is 4. The van der Waals surface area contributed by atoms with E-state index in [2.05, 4.69) is 17.2 Å². The van der Waals surface area contributed by atoms with Gasteiger partial charge in [0.1, 0.15) is 6.54 Å². The molecule has 8 heteroatoms. The number of aromatic nitrogens is 4. The maximum absolute atomic E-state index is 5.52. The van der Waals surface area contributed by atoms with Crippen LogP contribution < -0.4 is 4.90 Å². The van der Waals surface area contributed by atoms with Crippen molar-refractivity contribution in [2.24, 2.45) is 0 Å². The largest absolute Gasteiger partial charge is 0.459 e. The average Bonchev–Trinajstić information content (AvgIpc) is 3.38. The van der Waals surface area contributed by atoms with Gasteiger partial charge in [0.25, 0.3) is 10.7 Å². The fraction of sp³-hybridized carbons (Fsp3) is 0.167. The van der Waals surface area contributed by atoms with Crippen LogP contribution in [0.15, 0.2) is 70.0 Å². The Labute approximate surface area is 155 Å². The number of nitrogens with one attached hydrogen (secondary N) is 1. The van der Waals surface area contributed by atoms with Gasteiger partial charge in [0.2, 0.25) is 0 Å². The molecule has 3 heterocycles. The van der Waals surface area contributed by atoms with Gasteiger partial charge in [0.15, 0.2) is 12.4 Å². The van der Waals surface area contributed by atoms with Crippen molar-refractivity contribution in [1.29, 1.82) is 0 Å². The first-order valence-electron chi connectivity index (χ1n) is 8.21. The summed E-state index contributed by atoms with van der Waals surface area (Å²) in [5.41, 5.74) is 2.17. The number of hydrogen-bond acceptors (Lipinski definition) is 5. The molecule has 0 amide bonds. The van der Waals surface area contributed by atoms with Gasteiger partial charge in [-0.05, 0) is 36.5 Å². The highest BCUT2D eigenvalue weighted by Crippen LogP contribution is 2.17. The van der Waals surface area contributed by atoms with Crippen molar-refractivity contribution < 1.29 is 13.7 Å². The Morgan fingerprint density at radius 3 is 2.77 bits per heavy atom. The van der Waals surface area contributed by atoms with E-state index < -0.39 is 0 Å². The first-order valence-corrected chi connectivity index (χ1v) is 8.62. The van der Waals surface area contributed by atoms with Crippen LogP contribution in [0.2, 0.25) is 0 Å². The lowest BCUT2D eigenvalue weighted by atomic mass is 10.3. The van der Waals surface area contributed by atoms with Crippen LogP contribution in [0.5, 0.6) is 0 Å². The lowest BCUT2D eigenvalue weighted by Crippen LogP contribution is -3.06. The van der Waals surface area contributed by atoms with Crippen molar-refractivity contribution in [3.63, 3.8) is 0 Å². The highest BCUT2D eigenvalue weighted by Gasteiger charge is 2.14. The molecule has 3 aromatic heterocycles. The van der Waals surface area contributed by atoms with Crippen LogP contribution in [0.4, 0.5) is 0 Å². The maximum Gasteiger partial charge on any atom is 0.292 e. The fourth-order valence-corrected chi connectivity index (χ4v) is 2.92. The van der Waals surface area contributed by atoms with Gasteiger partial charge in [0.05, 0.1) is 25.2 Å². The predicted molar refractivity (Wildman–Crippen MR) is 97.2 cm³/mol. The SMILES string of the molecule is C[NH+](Cc1cnn(-c2ccccc2)c1)Cn1nc(-c2ccco2)oc1=S. The lowest BCUT2D eigenvalue weighted by Gasteiger charge is -2.11. The number of furan rings is 1. The molecule has 4 aromatic rings. The van der Waals surface area contributed by atoms with Crippen molar-refractivity contribution in [2.45, 2.75) is 13.2 Å². The van der Waals surface area contributed by atoms with Crippen LogP contribution in [0.3, 0.4) is 0 Å². The van der Waals surface area contributed by atoms with Gasteiger partial charge in [-0.3, -0.25) is 0 Å². The summed E-state index contributed by atoms with van der Waals surface area (Å²) < 4.78 is 14.4. The Morgan fingerprint density at radius 2 is 2.00 bits per heavy atom. The monoisotopic (exact) mass is 368 g/mol. The first-order chi connectivity index (χ1) is 12.7. The van der Waals surface area contributed by atoms with Crippen LogP contribution in [-0.2, 0) is 13.2 Å². The fourth-order valence-electron chi connectivity index (χ4n) is 2.74. The van der Waals surface area contributed by atoms with E-state index in [-0.39, 0.29) is 0 Å². The summed E-state index contributed by atoms with van der Waals surface area (Å²) in [4.78, 5) is 1.53. The van der Waals surface area contributed by atoms with Crippen molar-refractivity contribution in [3.05, 3.63) is 71.5 Å². The molecular formula is C18H18N5O2S+. The molecule has 1 aromatic carbocycles. The van der Waals surface area contributed by atoms with Gasteiger partial charge in [-0.1, -0.05) is 18.2 Å². The molecule has 0 aliphatic rings.